The van der Waals surface area contributed by atoms with Gasteiger partial charge in [0.25, 0.3) is 0 Å². The van der Waals surface area contributed by atoms with Crippen LogP contribution in [0.2, 0.25) is 0 Å². The highest BCUT2D eigenvalue weighted by Crippen LogP contribution is 1.88. The Bertz CT molecular complexity index is 456. The second-order valence-electron chi connectivity index (χ2n) is 2.57. The fourth-order valence-corrected chi connectivity index (χ4v) is 0.875. The number of carbonyl (C=O) groups is 1. The second kappa shape index (κ2) is 3.91. The van der Waals surface area contributed by atoms with Gasteiger partial charge in [0.15, 0.2) is 0 Å². The molecule has 0 saturated carbocycles. The zero-order valence-electron chi connectivity index (χ0n) is 7.77. The molecule has 0 unspecified atom stereocenters. The smallest absolute Gasteiger partial charge is 0.370 e. The Kier molecular flexibility index (Phi) is 2.85. The molecule has 1 aromatic rings. The molecule has 0 bridgehead atoms. The van der Waals surface area contributed by atoms with Gasteiger partial charge in [-0.2, -0.15) is 0 Å². The Hall–Kier alpha value is -1.85. The number of hydrogen-bond acceptors (Lipinski definition) is 5. The largest absolute Gasteiger partial charge is 0.455 e. The van der Waals surface area contributed by atoms with Crippen LogP contribution in [0.3, 0.4) is 0 Å². The van der Waals surface area contributed by atoms with Crippen LogP contribution in [0.25, 0.3) is 0 Å². The minimum absolute atomic E-state index is 0.269. The lowest BCUT2D eigenvalue weighted by atomic mass is 10.3. The molecule has 0 saturated heterocycles. The average Bonchev–Trinajstić information content (AvgIpc) is 2.09. The molecule has 1 aromatic heterocycles. The first-order chi connectivity index (χ1) is 6.54. The van der Waals surface area contributed by atoms with E-state index < -0.39 is 17.4 Å². The summed E-state index contributed by atoms with van der Waals surface area (Å²) in [5.74, 6) is -1.68. The van der Waals surface area contributed by atoms with Crippen molar-refractivity contribution in [1.82, 2.24) is 4.73 Å². The average molecular weight is 199 g/mol. The van der Waals surface area contributed by atoms with Gasteiger partial charge >= 0.3 is 17.4 Å². The summed E-state index contributed by atoms with van der Waals surface area (Å²) >= 11 is 0. The maximum Gasteiger partial charge on any atom is 0.455 e. The van der Waals surface area contributed by atoms with Gasteiger partial charge in [0, 0.05) is 6.92 Å². The third kappa shape index (κ3) is 2.09. The molecule has 0 spiro atoms. The van der Waals surface area contributed by atoms with Gasteiger partial charge in [-0.25, -0.2) is 14.4 Å². The molecule has 0 N–H and O–H groups in total. The van der Waals surface area contributed by atoms with Gasteiger partial charge in [-0.1, -0.05) is 6.92 Å². The highest BCUT2D eigenvalue weighted by atomic mass is 16.7. The third-order valence-electron chi connectivity index (χ3n) is 1.50. The van der Waals surface area contributed by atoms with E-state index in [9.17, 15) is 14.4 Å². The molecule has 0 amide bonds. The van der Waals surface area contributed by atoms with Gasteiger partial charge in [-0.3, -0.25) is 0 Å². The molecule has 1 heterocycles. The van der Waals surface area contributed by atoms with Crippen LogP contribution in [-0.2, 0) is 11.2 Å². The maximum atomic E-state index is 11.0. The molecule has 0 aromatic carbocycles. The zero-order chi connectivity index (χ0) is 10.7. The van der Waals surface area contributed by atoms with Gasteiger partial charge in [-0.15, -0.1) is 4.73 Å². The van der Waals surface area contributed by atoms with E-state index in [4.69, 9.17) is 0 Å². The molecule has 0 aliphatic carbocycles. The van der Waals surface area contributed by atoms with E-state index in [0.717, 1.165) is 13.1 Å². The van der Waals surface area contributed by atoms with Crippen LogP contribution in [0.1, 0.15) is 19.4 Å². The summed E-state index contributed by atoms with van der Waals surface area (Å²) in [5, 5.41) is 0. The lowest BCUT2D eigenvalue weighted by molar-refractivity contribution is -0.142. The molecule has 0 aliphatic rings. The minimum Gasteiger partial charge on any atom is -0.370 e. The number of rotatable bonds is 2. The number of carbonyl (C=O) groups excluding carboxylic acids is 1. The van der Waals surface area contributed by atoms with E-state index in [-0.39, 0.29) is 5.56 Å². The summed E-state index contributed by atoms with van der Waals surface area (Å²) in [4.78, 5) is 37.0. The Labute approximate surface area is 78.7 Å². The van der Waals surface area contributed by atoms with E-state index in [2.05, 4.69) is 9.25 Å². The highest BCUT2D eigenvalue weighted by Gasteiger charge is 2.07. The van der Waals surface area contributed by atoms with E-state index >= 15 is 0 Å². The molecule has 76 valence electrons. The second-order valence-corrected chi connectivity index (χ2v) is 2.57. The first kappa shape index (κ1) is 10.2. The van der Waals surface area contributed by atoms with E-state index in [0.29, 0.717) is 11.2 Å². The molecule has 0 radical (unpaired) electrons. The van der Waals surface area contributed by atoms with Crippen molar-refractivity contribution in [3.8, 4) is 0 Å². The van der Waals surface area contributed by atoms with E-state index in [1.54, 1.807) is 6.92 Å². The van der Waals surface area contributed by atoms with Crippen molar-refractivity contribution in [3.05, 3.63) is 32.7 Å². The number of aromatic nitrogens is 1. The van der Waals surface area contributed by atoms with Gasteiger partial charge in [0.1, 0.15) is 0 Å². The fourth-order valence-electron chi connectivity index (χ4n) is 0.875. The minimum atomic E-state index is -1.01. The van der Waals surface area contributed by atoms with E-state index in [1.807, 2.05) is 0 Å². The highest BCUT2D eigenvalue weighted by molar-refractivity contribution is 5.66. The van der Waals surface area contributed by atoms with Crippen molar-refractivity contribution in [2.24, 2.45) is 0 Å². The quantitative estimate of drug-likeness (QED) is 0.631. The van der Waals surface area contributed by atoms with Crippen LogP contribution >= 0.6 is 0 Å². The molecule has 0 fully saturated rings. The lowest BCUT2D eigenvalue weighted by Gasteiger charge is -2.02. The molecular weight excluding hydrogens is 190 g/mol. The van der Waals surface area contributed by atoms with E-state index in [1.165, 1.54) is 0 Å². The van der Waals surface area contributed by atoms with Gasteiger partial charge in [0.05, 0.1) is 11.8 Å². The van der Waals surface area contributed by atoms with Crippen molar-refractivity contribution in [1.29, 1.82) is 0 Å². The normalized spacial score (nSPS) is 9.86. The Morgan fingerprint density at radius 1 is 1.57 bits per heavy atom. The van der Waals surface area contributed by atoms with Crippen molar-refractivity contribution in [3.63, 3.8) is 0 Å². The van der Waals surface area contributed by atoms with Crippen molar-refractivity contribution in [2.45, 2.75) is 20.3 Å². The van der Waals surface area contributed by atoms with Crippen molar-refractivity contribution in [2.75, 3.05) is 0 Å². The van der Waals surface area contributed by atoms with Gasteiger partial charge in [-0.05, 0) is 6.42 Å². The van der Waals surface area contributed by atoms with Crippen molar-refractivity contribution < 1.29 is 14.0 Å². The topological polar surface area (TPSA) is 78.5 Å². The van der Waals surface area contributed by atoms with Crippen LogP contribution in [-0.4, -0.2) is 10.7 Å². The summed E-state index contributed by atoms with van der Waals surface area (Å²) < 4.78 is 4.91. The molecule has 6 heteroatoms. The van der Waals surface area contributed by atoms with Gasteiger partial charge < -0.3 is 9.25 Å². The monoisotopic (exact) mass is 199 g/mol. The Balaban J connectivity index is 3.24. The Morgan fingerprint density at radius 2 is 2.21 bits per heavy atom. The van der Waals surface area contributed by atoms with Crippen molar-refractivity contribution >= 4 is 5.97 Å². The SMILES string of the molecule is CCc1cn(OC(C)=O)c(=O)oc1=O. The summed E-state index contributed by atoms with van der Waals surface area (Å²) in [5.41, 5.74) is -0.438. The lowest BCUT2D eigenvalue weighted by Crippen LogP contribution is -2.32. The molecule has 1 rings (SSSR count). The molecule has 0 atom stereocenters. The first-order valence-electron chi connectivity index (χ1n) is 3.99. The number of nitrogens with zero attached hydrogens (tertiary/aromatic N) is 1. The van der Waals surface area contributed by atoms with Crippen LogP contribution in [0, 0.1) is 0 Å². The van der Waals surface area contributed by atoms with Crippen LogP contribution in [0.5, 0.6) is 0 Å². The summed E-state index contributed by atoms with van der Waals surface area (Å²) in [6, 6.07) is 0. The number of hydrogen-bond donors (Lipinski definition) is 0. The summed E-state index contributed by atoms with van der Waals surface area (Å²) in [6.45, 7) is 2.86. The standard InChI is InChI=1S/C8H9NO5/c1-3-6-4-9(14-5(2)10)8(12)13-7(6)11/h4H,3H2,1-2H3. The third-order valence-corrected chi connectivity index (χ3v) is 1.50. The zero-order valence-corrected chi connectivity index (χ0v) is 7.77. The summed E-state index contributed by atoms with van der Waals surface area (Å²) in [6.07, 6.45) is 1.54. The van der Waals surface area contributed by atoms with Crippen LogP contribution < -0.4 is 16.2 Å². The van der Waals surface area contributed by atoms with Gasteiger partial charge in [0.2, 0.25) is 0 Å². The fraction of sp³-hybridized carbons (Fsp3) is 0.375. The predicted molar refractivity (Wildman–Crippen MR) is 45.9 cm³/mol. The molecule has 14 heavy (non-hydrogen) atoms. The maximum absolute atomic E-state index is 11.0. The van der Waals surface area contributed by atoms with Crippen LogP contribution in [0.4, 0.5) is 0 Å². The molecule has 6 nitrogen and oxygen atoms in total. The Morgan fingerprint density at radius 3 is 2.71 bits per heavy atom. The molecular formula is C8H9NO5. The predicted octanol–water partition coefficient (Wildman–Crippen LogP) is -0.661. The van der Waals surface area contributed by atoms with Crippen LogP contribution in [0.15, 0.2) is 20.2 Å². The first-order valence-corrected chi connectivity index (χ1v) is 3.99. The number of aryl methyl sites for hydroxylation is 1. The summed E-state index contributed by atoms with van der Waals surface area (Å²) in [7, 11) is 0. The molecule has 0 aliphatic heterocycles.